The van der Waals surface area contributed by atoms with Crippen LogP contribution in [0, 0.1) is 0 Å². The Kier molecular flexibility index (Phi) is 5.08. The molecule has 1 aromatic rings. The fourth-order valence-electron chi connectivity index (χ4n) is 1.98. The minimum atomic E-state index is -4.41. The van der Waals surface area contributed by atoms with Gasteiger partial charge in [-0.1, -0.05) is 6.92 Å². The van der Waals surface area contributed by atoms with Crippen LogP contribution in [0.2, 0.25) is 0 Å². The Balaban J connectivity index is 2.32. The summed E-state index contributed by atoms with van der Waals surface area (Å²) in [6.07, 6.45) is -3.46. The second-order valence-electron chi connectivity index (χ2n) is 4.13. The van der Waals surface area contributed by atoms with Gasteiger partial charge in [0.25, 0.3) is 0 Å². The third-order valence-electron chi connectivity index (χ3n) is 2.86. The van der Waals surface area contributed by atoms with Gasteiger partial charge in [0.2, 0.25) is 0 Å². The first-order valence-corrected chi connectivity index (χ1v) is 8.88. The zero-order valence-corrected chi connectivity index (χ0v) is 12.8. The SMILES string of the molecule is CCC1SCCSC1c1nc(C(F)(F)F)c(CN)s1. The van der Waals surface area contributed by atoms with Gasteiger partial charge in [-0.05, 0) is 6.42 Å². The molecule has 1 saturated heterocycles. The van der Waals surface area contributed by atoms with Crippen molar-refractivity contribution in [2.24, 2.45) is 5.73 Å². The Bertz CT molecular complexity index is 433. The van der Waals surface area contributed by atoms with Crippen LogP contribution in [0.1, 0.15) is 34.2 Å². The second kappa shape index (κ2) is 6.24. The number of alkyl halides is 3. The van der Waals surface area contributed by atoms with E-state index in [1.54, 1.807) is 11.8 Å². The van der Waals surface area contributed by atoms with Crippen LogP contribution in [0.5, 0.6) is 0 Å². The van der Waals surface area contributed by atoms with Gasteiger partial charge < -0.3 is 5.73 Å². The molecule has 0 bridgehead atoms. The van der Waals surface area contributed by atoms with Crippen LogP contribution in [0.3, 0.4) is 0 Å². The molecule has 0 aromatic carbocycles. The van der Waals surface area contributed by atoms with Crippen molar-refractivity contribution < 1.29 is 13.2 Å². The molecule has 2 heterocycles. The molecule has 0 spiro atoms. The molecule has 2 nitrogen and oxygen atoms in total. The maximum Gasteiger partial charge on any atom is 0.434 e. The molecule has 1 aliphatic heterocycles. The normalized spacial score (nSPS) is 24.7. The Morgan fingerprint density at radius 1 is 1.32 bits per heavy atom. The van der Waals surface area contributed by atoms with Crippen LogP contribution in [0.15, 0.2) is 0 Å². The summed E-state index contributed by atoms with van der Waals surface area (Å²) in [6, 6.07) is 0. The number of rotatable bonds is 3. The molecule has 19 heavy (non-hydrogen) atoms. The summed E-state index contributed by atoms with van der Waals surface area (Å²) in [6.45, 7) is 1.96. The van der Waals surface area contributed by atoms with Gasteiger partial charge in [0.05, 0.1) is 10.1 Å². The summed E-state index contributed by atoms with van der Waals surface area (Å²) in [5.74, 6) is 2.02. The van der Waals surface area contributed by atoms with E-state index in [-0.39, 0.29) is 16.7 Å². The lowest BCUT2D eigenvalue weighted by Crippen LogP contribution is -2.18. The minimum absolute atomic E-state index is 0.0650. The molecule has 0 saturated carbocycles. The second-order valence-corrected chi connectivity index (χ2v) is 7.85. The predicted octanol–water partition coefficient (Wildman–Crippen LogP) is 3.92. The van der Waals surface area contributed by atoms with Crippen molar-refractivity contribution in [2.75, 3.05) is 11.5 Å². The average Bonchev–Trinajstić information content (AvgIpc) is 2.82. The number of halogens is 3. The number of thioether (sulfide) groups is 2. The Morgan fingerprint density at radius 3 is 2.53 bits per heavy atom. The van der Waals surface area contributed by atoms with E-state index in [1.165, 1.54) is 0 Å². The van der Waals surface area contributed by atoms with Crippen molar-refractivity contribution in [3.8, 4) is 0 Å². The molecule has 2 atom stereocenters. The predicted molar refractivity (Wildman–Crippen MR) is 76.7 cm³/mol. The standard InChI is InChI=1S/C11H15F3N2S3/c1-2-6-8(18-4-3-17-6)10-16-9(11(12,13)14)7(5-15)19-10/h6,8H,2-5,15H2,1H3. The lowest BCUT2D eigenvalue weighted by atomic mass is 10.2. The van der Waals surface area contributed by atoms with E-state index in [0.717, 1.165) is 29.3 Å². The summed E-state index contributed by atoms with van der Waals surface area (Å²) in [5, 5.41) is 0.989. The highest BCUT2D eigenvalue weighted by molar-refractivity contribution is 8.06. The number of aromatic nitrogens is 1. The molecule has 1 aromatic heterocycles. The molecule has 0 amide bonds. The Morgan fingerprint density at radius 2 is 2.00 bits per heavy atom. The van der Waals surface area contributed by atoms with Gasteiger partial charge in [0.15, 0.2) is 5.69 Å². The van der Waals surface area contributed by atoms with Crippen molar-refractivity contribution in [1.29, 1.82) is 0 Å². The first-order chi connectivity index (χ1) is 8.97. The van der Waals surface area contributed by atoms with Gasteiger partial charge in [-0.2, -0.15) is 24.9 Å². The van der Waals surface area contributed by atoms with Crippen LogP contribution in [0.25, 0.3) is 0 Å². The topological polar surface area (TPSA) is 38.9 Å². The lowest BCUT2D eigenvalue weighted by molar-refractivity contribution is -0.141. The van der Waals surface area contributed by atoms with Crippen LogP contribution in [0.4, 0.5) is 13.2 Å². The molecule has 108 valence electrons. The monoisotopic (exact) mass is 328 g/mol. The maximum atomic E-state index is 12.9. The van der Waals surface area contributed by atoms with E-state index in [9.17, 15) is 13.2 Å². The third-order valence-corrected chi connectivity index (χ3v) is 7.43. The van der Waals surface area contributed by atoms with Gasteiger partial charge in [0.1, 0.15) is 5.01 Å². The molecule has 2 unspecified atom stereocenters. The Labute approximate surface area is 122 Å². The van der Waals surface area contributed by atoms with E-state index in [2.05, 4.69) is 11.9 Å². The molecule has 0 aliphatic carbocycles. The van der Waals surface area contributed by atoms with Gasteiger partial charge in [-0.25, -0.2) is 4.98 Å². The fraction of sp³-hybridized carbons (Fsp3) is 0.727. The quantitative estimate of drug-likeness (QED) is 0.913. The van der Waals surface area contributed by atoms with Crippen molar-refractivity contribution in [3.63, 3.8) is 0 Å². The van der Waals surface area contributed by atoms with Gasteiger partial charge in [0, 0.05) is 23.3 Å². The maximum absolute atomic E-state index is 12.9. The third kappa shape index (κ3) is 3.40. The molecular weight excluding hydrogens is 313 g/mol. The van der Waals surface area contributed by atoms with Gasteiger partial charge in [-0.15, -0.1) is 23.1 Å². The number of nitrogens with two attached hydrogens (primary N) is 1. The molecular formula is C11H15F3N2S3. The van der Waals surface area contributed by atoms with Crippen molar-refractivity contribution in [2.45, 2.75) is 36.6 Å². The molecule has 0 radical (unpaired) electrons. The number of nitrogens with zero attached hydrogens (tertiary/aromatic N) is 1. The number of thiazole rings is 1. The molecule has 1 aliphatic rings. The zero-order chi connectivity index (χ0) is 14.0. The van der Waals surface area contributed by atoms with Crippen LogP contribution >= 0.6 is 34.9 Å². The summed E-state index contributed by atoms with van der Waals surface area (Å²) in [5.41, 5.74) is 4.63. The smallest absolute Gasteiger partial charge is 0.326 e. The van der Waals surface area contributed by atoms with Crippen LogP contribution < -0.4 is 5.73 Å². The molecule has 2 N–H and O–H groups in total. The zero-order valence-electron chi connectivity index (χ0n) is 10.4. The highest BCUT2D eigenvalue weighted by atomic mass is 32.2. The molecule has 2 rings (SSSR count). The van der Waals surface area contributed by atoms with E-state index in [0.29, 0.717) is 10.3 Å². The Hall–Kier alpha value is 0.0800. The molecule has 8 heteroatoms. The average molecular weight is 328 g/mol. The van der Waals surface area contributed by atoms with Crippen molar-refractivity contribution in [3.05, 3.63) is 15.6 Å². The first-order valence-electron chi connectivity index (χ1n) is 5.97. The highest BCUT2D eigenvalue weighted by Crippen LogP contribution is 2.47. The minimum Gasteiger partial charge on any atom is -0.326 e. The molecule has 1 fully saturated rings. The van der Waals surface area contributed by atoms with Gasteiger partial charge >= 0.3 is 6.18 Å². The summed E-state index contributed by atoms with van der Waals surface area (Å²) in [4.78, 5) is 4.00. The number of hydrogen-bond donors (Lipinski definition) is 1. The first kappa shape index (κ1) is 15.5. The fourth-order valence-corrected chi connectivity index (χ4v) is 6.37. The van der Waals surface area contributed by atoms with Gasteiger partial charge in [-0.3, -0.25) is 0 Å². The van der Waals surface area contributed by atoms with Crippen molar-refractivity contribution in [1.82, 2.24) is 4.98 Å². The highest BCUT2D eigenvalue weighted by Gasteiger charge is 2.39. The van der Waals surface area contributed by atoms with E-state index in [4.69, 9.17) is 5.73 Å². The largest absolute Gasteiger partial charge is 0.434 e. The van der Waals surface area contributed by atoms with Crippen LogP contribution in [-0.4, -0.2) is 21.7 Å². The van der Waals surface area contributed by atoms with Crippen molar-refractivity contribution >= 4 is 34.9 Å². The number of hydrogen-bond acceptors (Lipinski definition) is 5. The van der Waals surface area contributed by atoms with Crippen LogP contribution in [-0.2, 0) is 12.7 Å². The lowest BCUT2D eigenvalue weighted by Gasteiger charge is -2.28. The summed E-state index contributed by atoms with van der Waals surface area (Å²) >= 11 is 4.66. The summed E-state index contributed by atoms with van der Waals surface area (Å²) < 4.78 is 38.6. The summed E-state index contributed by atoms with van der Waals surface area (Å²) in [7, 11) is 0. The van der Waals surface area contributed by atoms with E-state index < -0.39 is 11.9 Å². The van der Waals surface area contributed by atoms with E-state index in [1.807, 2.05) is 11.8 Å². The van der Waals surface area contributed by atoms with E-state index >= 15 is 0 Å².